The Labute approximate surface area is 165 Å². The van der Waals surface area contributed by atoms with Gasteiger partial charge in [0.2, 0.25) is 5.95 Å². The van der Waals surface area contributed by atoms with Crippen LogP contribution in [0.25, 0.3) is 10.9 Å². The number of benzene rings is 1. The van der Waals surface area contributed by atoms with E-state index in [9.17, 15) is 0 Å². The highest BCUT2D eigenvalue weighted by Gasteiger charge is 2.17. The number of piperidine rings is 1. The molecule has 1 aliphatic heterocycles. The van der Waals surface area contributed by atoms with Crippen molar-refractivity contribution in [3.63, 3.8) is 0 Å². The molecule has 5 nitrogen and oxygen atoms in total. The van der Waals surface area contributed by atoms with Crippen molar-refractivity contribution in [1.29, 1.82) is 0 Å². The highest BCUT2D eigenvalue weighted by atomic mass is 35.5. The average molecular weight is 384 g/mol. The largest absolute Gasteiger partial charge is 0.361 e. The second kappa shape index (κ2) is 8.17. The van der Waals surface area contributed by atoms with Gasteiger partial charge in [-0.15, -0.1) is 0 Å². The first-order valence-corrected chi connectivity index (χ1v) is 10.2. The van der Waals surface area contributed by atoms with Crippen LogP contribution in [0.1, 0.15) is 31.7 Å². The zero-order valence-corrected chi connectivity index (χ0v) is 16.5. The van der Waals surface area contributed by atoms with E-state index in [1.807, 2.05) is 6.07 Å². The number of nitrogens with one attached hydrogen (secondary N) is 1. The minimum absolute atomic E-state index is 0.520. The fraction of sp³-hybridized carbons (Fsp3) is 0.429. The third-order valence-electron chi connectivity index (χ3n) is 5.34. The molecule has 1 N–H and O–H groups in total. The number of para-hydroxylation sites is 1. The standard InChI is InChI=1S/C21H26ClN5/c1-2-26(13-10-16-15-23-18-9-5-4-8-17(16)18)21-24-19(22)14-20(25-21)27-11-6-3-7-12-27/h4-5,8-9,14-15,23H,2-3,6-7,10-13H2,1H3. The maximum absolute atomic E-state index is 6.34. The van der Waals surface area contributed by atoms with Crippen LogP contribution in [-0.4, -0.2) is 41.1 Å². The monoisotopic (exact) mass is 383 g/mol. The van der Waals surface area contributed by atoms with E-state index in [0.29, 0.717) is 5.15 Å². The fourth-order valence-electron chi connectivity index (χ4n) is 3.81. The van der Waals surface area contributed by atoms with Gasteiger partial charge in [0, 0.05) is 49.3 Å². The number of nitrogens with zero attached hydrogens (tertiary/aromatic N) is 4. The SMILES string of the molecule is CCN(CCc1c[nH]c2ccccc12)c1nc(Cl)cc(N2CCCCC2)n1. The molecule has 0 bridgehead atoms. The Morgan fingerprint density at radius 2 is 1.96 bits per heavy atom. The first kappa shape index (κ1) is 18.1. The molecule has 0 aliphatic carbocycles. The quantitative estimate of drug-likeness (QED) is 0.628. The van der Waals surface area contributed by atoms with E-state index in [0.717, 1.165) is 44.4 Å². The van der Waals surface area contributed by atoms with Crippen LogP contribution in [0.3, 0.4) is 0 Å². The van der Waals surface area contributed by atoms with Crippen LogP contribution in [0.15, 0.2) is 36.5 Å². The maximum Gasteiger partial charge on any atom is 0.228 e. The molecule has 0 spiro atoms. The maximum atomic E-state index is 6.34. The van der Waals surface area contributed by atoms with Crippen LogP contribution in [0, 0.1) is 0 Å². The van der Waals surface area contributed by atoms with Gasteiger partial charge in [-0.1, -0.05) is 29.8 Å². The molecule has 27 heavy (non-hydrogen) atoms. The van der Waals surface area contributed by atoms with Gasteiger partial charge in [-0.3, -0.25) is 0 Å². The number of fused-ring (bicyclic) bond motifs is 1. The summed E-state index contributed by atoms with van der Waals surface area (Å²) in [6.07, 6.45) is 6.78. The second-order valence-electron chi connectivity index (χ2n) is 7.09. The van der Waals surface area contributed by atoms with E-state index < -0.39 is 0 Å². The fourth-order valence-corrected chi connectivity index (χ4v) is 3.99. The summed E-state index contributed by atoms with van der Waals surface area (Å²) in [5.41, 5.74) is 2.50. The molecule has 2 aromatic heterocycles. The number of anilines is 2. The lowest BCUT2D eigenvalue weighted by atomic mass is 10.1. The van der Waals surface area contributed by atoms with Gasteiger partial charge in [0.1, 0.15) is 11.0 Å². The average Bonchev–Trinajstić information content (AvgIpc) is 3.12. The molecule has 1 aliphatic rings. The van der Waals surface area contributed by atoms with Crippen molar-refractivity contribution in [2.24, 2.45) is 0 Å². The summed E-state index contributed by atoms with van der Waals surface area (Å²) in [5.74, 6) is 1.68. The molecule has 1 saturated heterocycles. The molecule has 1 aromatic carbocycles. The van der Waals surface area contributed by atoms with Crippen molar-refractivity contribution >= 4 is 34.3 Å². The van der Waals surface area contributed by atoms with Crippen LogP contribution in [0.4, 0.5) is 11.8 Å². The van der Waals surface area contributed by atoms with Crippen LogP contribution >= 0.6 is 11.6 Å². The molecule has 3 aromatic rings. The number of rotatable bonds is 6. The molecule has 142 valence electrons. The lowest BCUT2D eigenvalue weighted by Crippen LogP contribution is -2.32. The van der Waals surface area contributed by atoms with Gasteiger partial charge in [-0.05, 0) is 44.2 Å². The minimum atomic E-state index is 0.520. The van der Waals surface area contributed by atoms with Gasteiger partial charge in [0.05, 0.1) is 0 Å². The molecule has 1 fully saturated rings. The van der Waals surface area contributed by atoms with Crippen LogP contribution in [-0.2, 0) is 6.42 Å². The van der Waals surface area contributed by atoms with E-state index in [4.69, 9.17) is 16.6 Å². The van der Waals surface area contributed by atoms with Gasteiger partial charge in [0.25, 0.3) is 0 Å². The van der Waals surface area contributed by atoms with Crippen molar-refractivity contribution in [2.75, 3.05) is 36.0 Å². The number of aromatic amines is 1. The van der Waals surface area contributed by atoms with Gasteiger partial charge in [-0.2, -0.15) is 4.98 Å². The summed E-state index contributed by atoms with van der Waals surface area (Å²) in [7, 11) is 0. The van der Waals surface area contributed by atoms with E-state index in [1.165, 1.54) is 35.7 Å². The number of likely N-dealkylation sites (N-methyl/N-ethyl adjacent to an activating group) is 1. The summed E-state index contributed by atoms with van der Waals surface area (Å²) in [6.45, 7) is 5.95. The van der Waals surface area contributed by atoms with Gasteiger partial charge in [0.15, 0.2) is 0 Å². The highest BCUT2D eigenvalue weighted by Crippen LogP contribution is 2.24. The Hall–Kier alpha value is -2.27. The Balaban J connectivity index is 1.52. The zero-order chi connectivity index (χ0) is 18.6. The molecule has 0 unspecified atom stereocenters. The van der Waals surface area contributed by atoms with Crippen LogP contribution in [0.5, 0.6) is 0 Å². The van der Waals surface area contributed by atoms with Gasteiger partial charge in [-0.25, -0.2) is 4.98 Å². The van der Waals surface area contributed by atoms with Crippen molar-refractivity contribution in [3.05, 3.63) is 47.2 Å². The molecule has 6 heteroatoms. The van der Waals surface area contributed by atoms with E-state index >= 15 is 0 Å². The number of hydrogen-bond donors (Lipinski definition) is 1. The normalized spacial score (nSPS) is 14.7. The number of hydrogen-bond acceptors (Lipinski definition) is 4. The van der Waals surface area contributed by atoms with Gasteiger partial charge >= 0.3 is 0 Å². The van der Waals surface area contributed by atoms with Crippen molar-refractivity contribution in [1.82, 2.24) is 15.0 Å². The second-order valence-corrected chi connectivity index (χ2v) is 7.47. The number of aromatic nitrogens is 3. The van der Waals surface area contributed by atoms with Crippen molar-refractivity contribution < 1.29 is 0 Å². The Bertz CT molecular complexity index is 900. The zero-order valence-electron chi connectivity index (χ0n) is 15.8. The minimum Gasteiger partial charge on any atom is -0.361 e. The lowest BCUT2D eigenvalue weighted by molar-refractivity contribution is 0.572. The molecule has 3 heterocycles. The topological polar surface area (TPSA) is 48.1 Å². The van der Waals surface area contributed by atoms with E-state index in [2.05, 4.69) is 57.2 Å². The Morgan fingerprint density at radius 3 is 2.78 bits per heavy atom. The van der Waals surface area contributed by atoms with Gasteiger partial charge < -0.3 is 14.8 Å². The summed E-state index contributed by atoms with van der Waals surface area (Å²) in [5, 5.41) is 1.81. The van der Waals surface area contributed by atoms with Crippen LogP contribution < -0.4 is 9.80 Å². The lowest BCUT2D eigenvalue weighted by Gasteiger charge is -2.29. The first-order valence-electron chi connectivity index (χ1n) is 9.84. The smallest absolute Gasteiger partial charge is 0.228 e. The summed E-state index contributed by atoms with van der Waals surface area (Å²) >= 11 is 6.34. The Morgan fingerprint density at radius 1 is 1.15 bits per heavy atom. The Kier molecular flexibility index (Phi) is 5.48. The molecular weight excluding hydrogens is 358 g/mol. The number of halogens is 1. The predicted molar refractivity (Wildman–Crippen MR) is 113 cm³/mol. The summed E-state index contributed by atoms with van der Waals surface area (Å²) in [4.78, 5) is 17.2. The number of H-pyrrole nitrogens is 1. The van der Waals surface area contributed by atoms with Crippen molar-refractivity contribution in [3.8, 4) is 0 Å². The third-order valence-corrected chi connectivity index (χ3v) is 5.53. The highest BCUT2D eigenvalue weighted by molar-refractivity contribution is 6.29. The van der Waals surface area contributed by atoms with Crippen LogP contribution in [0.2, 0.25) is 5.15 Å². The van der Waals surface area contributed by atoms with E-state index in [-0.39, 0.29) is 0 Å². The molecule has 0 atom stereocenters. The molecule has 0 radical (unpaired) electrons. The molecule has 0 saturated carbocycles. The third kappa shape index (κ3) is 4.03. The van der Waals surface area contributed by atoms with E-state index in [1.54, 1.807) is 0 Å². The summed E-state index contributed by atoms with van der Waals surface area (Å²) < 4.78 is 0. The predicted octanol–water partition coefficient (Wildman–Crippen LogP) is 4.67. The summed E-state index contributed by atoms with van der Waals surface area (Å²) in [6, 6.07) is 10.3. The molecular formula is C21H26ClN5. The molecule has 0 amide bonds. The first-order chi connectivity index (χ1) is 13.2. The van der Waals surface area contributed by atoms with Crippen molar-refractivity contribution in [2.45, 2.75) is 32.6 Å². The molecule has 4 rings (SSSR count).